The van der Waals surface area contributed by atoms with Crippen molar-refractivity contribution in [3.63, 3.8) is 0 Å². The van der Waals surface area contributed by atoms with E-state index in [1.54, 1.807) is 12.3 Å². The van der Waals surface area contributed by atoms with Gasteiger partial charge in [-0.3, -0.25) is 14.9 Å². The average molecular weight is 258 g/mol. The zero-order valence-corrected chi connectivity index (χ0v) is 10.4. The lowest BCUT2D eigenvalue weighted by Crippen LogP contribution is -2.08. The number of nitrogens with two attached hydrogens (primary N) is 1. The fourth-order valence-electron chi connectivity index (χ4n) is 1.85. The molecule has 3 heterocycles. The maximum atomic E-state index is 11.2. The van der Waals surface area contributed by atoms with Crippen molar-refractivity contribution in [1.29, 1.82) is 0 Å². The van der Waals surface area contributed by atoms with Crippen LogP contribution in [0.2, 0.25) is 0 Å². The maximum Gasteiger partial charge on any atom is 0.258 e. The topological polar surface area (TPSA) is 84.7 Å². The van der Waals surface area contributed by atoms with Crippen LogP contribution in [0.4, 0.5) is 0 Å². The molecule has 0 radical (unpaired) electrons. The molecule has 0 atom stereocenters. The van der Waals surface area contributed by atoms with Crippen molar-refractivity contribution >= 4 is 27.5 Å². The van der Waals surface area contributed by atoms with Crippen molar-refractivity contribution in [2.75, 3.05) is 0 Å². The SMILES string of the molecule is Cc1cc(-c2[nH]nc3sc(C(N)=O)cc23)ccn1. The number of H-pyrrole nitrogens is 1. The van der Waals surface area contributed by atoms with Gasteiger partial charge in [-0.05, 0) is 25.1 Å². The third kappa shape index (κ3) is 1.67. The molecule has 0 aliphatic rings. The molecule has 1 amide bonds. The number of primary amides is 1. The van der Waals surface area contributed by atoms with Crippen LogP contribution >= 0.6 is 11.3 Å². The van der Waals surface area contributed by atoms with Crippen molar-refractivity contribution in [2.45, 2.75) is 6.92 Å². The van der Waals surface area contributed by atoms with Gasteiger partial charge >= 0.3 is 0 Å². The van der Waals surface area contributed by atoms with Crippen LogP contribution in [0.15, 0.2) is 24.4 Å². The number of fused-ring (bicyclic) bond motifs is 1. The van der Waals surface area contributed by atoms with Crippen molar-refractivity contribution in [3.8, 4) is 11.3 Å². The first kappa shape index (κ1) is 10.9. The minimum absolute atomic E-state index is 0.421. The Kier molecular flexibility index (Phi) is 2.38. The number of pyridine rings is 1. The largest absolute Gasteiger partial charge is 0.365 e. The van der Waals surface area contributed by atoms with Gasteiger partial charge in [0.15, 0.2) is 0 Å². The van der Waals surface area contributed by atoms with E-state index in [9.17, 15) is 4.79 Å². The number of thiophene rings is 1. The number of aryl methyl sites for hydroxylation is 1. The normalized spacial score (nSPS) is 10.9. The Morgan fingerprint density at radius 3 is 3.00 bits per heavy atom. The molecule has 90 valence electrons. The Bertz CT molecular complexity index is 743. The van der Waals surface area contributed by atoms with Gasteiger partial charge in [0.25, 0.3) is 5.91 Å². The number of carbonyl (C=O) groups excluding carboxylic acids is 1. The summed E-state index contributed by atoms with van der Waals surface area (Å²) in [5.74, 6) is -0.421. The fourth-order valence-corrected chi connectivity index (χ4v) is 2.70. The fraction of sp³-hybridized carbons (Fsp3) is 0.0833. The van der Waals surface area contributed by atoms with Crippen LogP contribution in [0.5, 0.6) is 0 Å². The molecule has 0 unspecified atom stereocenters. The number of hydrogen-bond donors (Lipinski definition) is 2. The number of rotatable bonds is 2. The molecule has 0 aliphatic carbocycles. The van der Waals surface area contributed by atoms with E-state index >= 15 is 0 Å². The summed E-state index contributed by atoms with van der Waals surface area (Å²) in [5, 5.41) is 8.09. The van der Waals surface area contributed by atoms with Crippen LogP contribution in [0.1, 0.15) is 15.4 Å². The van der Waals surface area contributed by atoms with Crippen molar-refractivity contribution in [3.05, 3.63) is 35.0 Å². The number of aromatic amines is 1. The molecule has 0 spiro atoms. The van der Waals surface area contributed by atoms with Crippen molar-refractivity contribution in [2.24, 2.45) is 5.73 Å². The van der Waals surface area contributed by atoms with Crippen LogP contribution in [0, 0.1) is 6.92 Å². The minimum Gasteiger partial charge on any atom is -0.365 e. The lowest BCUT2D eigenvalue weighted by Gasteiger charge is -1.98. The van der Waals surface area contributed by atoms with Gasteiger partial charge < -0.3 is 5.73 Å². The Morgan fingerprint density at radius 2 is 2.28 bits per heavy atom. The molecule has 0 saturated carbocycles. The lowest BCUT2D eigenvalue weighted by molar-refractivity contribution is 0.100. The van der Waals surface area contributed by atoms with Gasteiger partial charge in [0.1, 0.15) is 4.83 Å². The van der Waals surface area contributed by atoms with Gasteiger partial charge in [-0.2, -0.15) is 5.10 Å². The Hall–Kier alpha value is -2.21. The summed E-state index contributed by atoms with van der Waals surface area (Å²) in [6, 6.07) is 5.65. The highest BCUT2D eigenvalue weighted by molar-refractivity contribution is 7.20. The second-order valence-corrected chi connectivity index (χ2v) is 5.01. The van der Waals surface area contributed by atoms with Crippen LogP contribution in [0.3, 0.4) is 0 Å². The molecule has 5 nitrogen and oxygen atoms in total. The van der Waals surface area contributed by atoms with Crippen molar-refractivity contribution < 1.29 is 4.79 Å². The Morgan fingerprint density at radius 1 is 1.44 bits per heavy atom. The van der Waals surface area contributed by atoms with Gasteiger partial charge in [-0.1, -0.05) is 0 Å². The molecule has 0 aromatic carbocycles. The molecule has 3 rings (SSSR count). The van der Waals surface area contributed by atoms with Crippen LogP contribution in [0.25, 0.3) is 21.5 Å². The zero-order valence-electron chi connectivity index (χ0n) is 9.60. The Balaban J connectivity index is 2.20. The number of nitrogens with one attached hydrogen (secondary N) is 1. The third-order valence-corrected chi connectivity index (χ3v) is 3.72. The minimum atomic E-state index is -0.421. The molecule has 0 bridgehead atoms. The first-order valence-electron chi connectivity index (χ1n) is 5.36. The summed E-state index contributed by atoms with van der Waals surface area (Å²) in [5.41, 5.74) is 8.09. The van der Waals surface area contributed by atoms with Gasteiger partial charge in [-0.25, -0.2) is 0 Å². The van der Waals surface area contributed by atoms with Gasteiger partial charge in [0.05, 0.1) is 10.6 Å². The molecular weight excluding hydrogens is 248 g/mol. The summed E-state index contributed by atoms with van der Waals surface area (Å²) < 4.78 is 0. The van der Waals surface area contributed by atoms with Gasteiger partial charge in [-0.15, -0.1) is 11.3 Å². The third-order valence-electron chi connectivity index (χ3n) is 2.68. The quantitative estimate of drug-likeness (QED) is 0.738. The van der Waals surface area contributed by atoms with Gasteiger partial charge in [0.2, 0.25) is 0 Å². The number of hydrogen-bond acceptors (Lipinski definition) is 4. The lowest BCUT2D eigenvalue weighted by atomic mass is 10.1. The number of amides is 1. The standard InChI is InChI=1S/C12H10N4OS/c1-6-4-7(2-3-14-6)10-8-5-9(11(13)17)18-12(8)16-15-10/h2-5H,1H3,(H2,13,17)(H,15,16). The van der Waals surface area contributed by atoms with Crippen LogP contribution < -0.4 is 5.73 Å². The average Bonchev–Trinajstić information content (AvgIpc) is 2.87. The summed E-state index contributed by atoms with van der Waals surface area (Å²) in [6.07, 6.45) is 1.75. The van der Waals surface area contributed by atoms with E-state index < -0.39 is 5.91 Å². The molecule has 6 heteroatoms. The summed E-state index contributed by atoms with van der Waals surface area (Å²) in [7, 11) is 0. The zero-order chi connectivity index (χ0) is 12.7. The highest BCUT2D eigenvalue weighted by Gasteiger charge is 2.14. The van der Waals surface area contributed by atoms with Gasteiger partial charge in [0, 0.05) is 22.8 Å². The molecule has 0 saturated heterocycles. The highest BCUT2D eigenvalue weighted by atomic mass is 32.1. The van der Waals surface area contributed by atoms with E-state index in [0.29, 0.717) is 4.88 Å². The molecule has 18 heavy (non-hydrogen) atoms. The smallest absolute Gasteiger partial charge is 0.258 e. The molecule has 3 aromatic heterocycles. The summed E-state index contributed by atoms with van der Waals surface area (Å²) >= 11 is 1.29. The second kappa shape index (κ2) is 3.92. The predicted octanol–water partition coefficient (Wildman–Crippen LogP) is 2.09. The van der Waals surface area contributed by atoms with E-state index in [1.165, 1.54) is 11.3 Å². The summed E-state index contributed by atoms with van der Waals surface area (Å²) in [4.78, 5) is 16.6. The van der Waals surface area contributed by atoms with Crippen LogP contribution in [-0.4, -0.2) is 21.1 Å². The molecular formula is C12H10N4OS. The molecule has 3 N–H and O–H groups in total. The highest BCUT2D eigenvalue weighted by Crippen LogP contribution is 2.31. The monoisotopic (exact) mass is 258 g/mol. The van der Waals surface area contributed by atoms with E-state index in [4.69, 9.17) is 5.73 Å². The molecule has 3 aromatic rings. The van der Waals surface area contributed by atoms with Crippen LogP contribution in [-0.2, 0) is 0 Å². The molecule has 0 fully saturated rings. The molecule has 0 aliphatic heterocycles. The maximum absolute atomic E-state index is 11.2. The predicted molar refractivity (Wildman–Crippen MR) is 70.5 cm³/mol. The second-order valence-electron chi connectivity index (χ2n) is 3.98. The first-order chi connectivity index (χ1) is 8.65. The number of carbonyl (C=O) groups is 1. The van der Waals surface area contributed by atoms with Crippen molar-refractivity contribution in [1.82, 2.24) is 15.2 Å². The summed E-state index contributed by atoms with van der Waals surface area (Å²) in [6.45, 7) is 1.93. The Labute approximate surface area is 107 Å². The number of aromatic nitrogens is 3. The van der Waals surface area contributed by atoms with E-state index in [2.05, 4.69) is 15.2 Å². The number of nitrogens with zero attached hydrogens (tertiary/aromatic N) is 2. The van der Waals surface area contributed by atoms with E-state index in [-0.39, 0.29) is 0 Å². The first-order valence-corrected chi connectivity index (χ1v) is 6.17. The van der Waals surface area contributed by atoms with E-state index in [0.717, 1.165) is 27.2 Å². The van der Waals surface area contributed by atoms with E-state index in [1.807, 2.05) is 19.1 Å².